The van der Waals surface area contributed by atoms with Crippen molar-refractivity contribution in [3.8, 4) is 0 Å². The van der Waals surface area contributed by atoms with Crippen molar-refractivity contribution < 1.29 is 14.3 Å². The first kappa shape index (κ1) is 13.9. The summed E-state index contributed by atoms with van der Waals surface area (Å²) in [6, 6.07) is 0.382. The summed E-state index contributed by atoms with van der Waals surface area (Å²) in [5.74, 6) is -0.243. The number of nitrogens with one attached hydrogen (secondary N) is 1. The zero-order valence-corrected chi connectivity index (χ0v) is 12.7. The summed E-state index contributed by atoms with van der Waals surface area (Å²) in [6.45, 7) is 3.19. The maximum absolute atomic E-state index is 12.6. The van der Waals surface area contributed by atoms with Gasteiger partial charge in [0.15, 0.2) is 6.23 Å². The third kappa shape index (κ3) is 2.08. The second-order valence-corrected chi connectivity index (χ2v) is 5.96. The van der Waals surface area contributed by atoms with Crippen molar-refractivity contribution in [3.63, 3.8) is 0 Å². The topological polar surface area (TPSA) is 59.9 Å². The van der Waals surface area contributed by atoms with Crippen LogP contribution in [0, 0.1) is 0 Å². The number of ether oxygens (including phenoxy) is 2. The Morgan fingerprint density at radius 2 is 2.41 bits per heavy atom. The largest absolute Gasteiger partial charge is 0.462 e. The number of carbonyl (C=O) groups excluding carboxylic acids is 1. The van der Waals surface area contributed by atoms with Crippen LogP contribution in [0.3, 0.4) is 0 Å². The predicted molar refractivity (Wildman–Crippen MR) is 82.6 cm³/mol. The first-order valence-corrected chi connectivity index (χ1v) is 8.03. The molecule has 0 amide bonds. The number of rotatable bonds is 2. The lowest BCUT2D eigenvalue weighted by Crippen LogP contribution is -2.40. The minimum atomic E-state index is -0.371. The molecule has 1 saturated heterocycles. The fourth-order valence-corrected chi connectivity index (χ4v) is 3.90. The van der Waals surface area contributed by atoms with Gasteiger partial charge in [-0.15, -0.1) is 0 Å². The molecular weight excluding hydrogens is 280 g/mol. The van der Waals surface area contributed by atoms with Gasteiger partial charge in [-0.3, -0.25) is 4.99 Å². The highest BCUT2D eigenvalue weighted by Crippen LogP contribution is 2.43. The summed E-state index contributed by atoms with van der Waals surface area (Å²) in [7, 11) is 0. The fraction of sp³-hybridized carbons (Fsp3) is 0.529. The Labute approximate surface area is 129 Å². The van der Waals surface area contributed by atoms with E-state index in [4.69, 9.17) is 9.47 Å². The molecule has 0 aromatic rings. The number of esters is 1. The Bertz CT molecular complexity index is 630. The number of dihydropyridines is 1. The summed E-state index contributed by atoms with van der Waals surface area (Å²) >= 11 is 0. The van der Waals surface area contributed by atoms with Crippen LogP contribution >= 0.6 is 0 Å². The molecule has 5 nitrogen and oxygen atoms in total. The van der Waals surface area contributed by atoms with Gasteiger partial charge in [-0.05, 0) is 50.0 Å². The summed E-state index contributed by atoms with van der Waals surface area (Å²) < 4.78 is 11.5. The quantitative estimate of drug-likeness (QED) is 0.788. The first-order valence-electron chi connectivity index (χ1n) is 8.03. The average molecular weight is 300 g/mol. The summed E-state index contributed by atoms with van der Waals surface area (Å²) in [6.07, 6.45) is 8.06. The van der Waals surface area contributed by atoms with Crippen molar-refractivity contribution in [2.24, 2.45) is 4.99 Å². The summed E-state index contributed by atoms with van der Waals surface area (Å²) in [5.41, 5.74) is 3.92. The van der Waals surface area contributed by atoms with E-state index in [0.717, 1.165) is 37.0 Å². The number of hydrogen-bond donors (Lipinski definition) is 1. The Balaban J connectivity index is 1.88. The van der Waals surface area contributed by atoms with Gasteiger partial charge in [-0.2, -0.15) is 0 Å². The fourth-order valence-electron chi connectivity index (χ4n) is 3.90. The Kier molecular flexibility index (Phi) is 3.47. The molecule has 3 heterocycles. The molecule has 0 spiro atoms. The monoisotopic (exact) mass is 300 g/mol. The number of aliphatic imine (C=N–C) groups is 1. The average Bonchev–Trinajstić information content (AvgIpc) is 3.01. The molecule has 22 heavy (non-hydrogen) atoms. The molecule has 4 rings (SSSR count). The van der Waals surface area contributed by atoms with Gasteiger partial charge in [-0.1, -0.05) is 6.08 Å². The molecule has 0 bridgehead atoms. The maximum Gasteiger partial charge on any atom is 0.338 e. The highest BCUT2D eigenvalue weighted by molar-refractivity contribution is 5.97. The van der Waals surface area contributed by atoms with Gasteiger partial charge in [0, 0.05) is 17.8 Å². The third-order valence-electron chi connectivity index (χ3n) is 4.77. The first-order chi connectivity index (χ1) is 10.8. The lowest BCUT2D eigenvalue weighted by atomic mass is 9.79. The van der Waals surface area contributed by atoms with Crippen molar-refractivity contribution >= 4 is 12.2 Å². The molecule has 4 aliphatic rings. The lowest BCUT2D eigenvalue weighted by molar-refractivity contribution is -0.139. The van der Waals surface area contributed by atoms with Gasteiger partial charge in [0.05, 0.1) is 18.3 Å². The summed E-state index contributed by atoms with van der Waals surface area (Å²) in [5, 5.41) is 3.52. The van der Waals surface area contributed by atoms with E-state index in [9.17, 15) is 4.79 Å². The van der Waals surface area contributed by atoms with Crippen LogP contribution < -0.4 is 5.32 Å². The molecule has 1 fully saturated rings. The third-order valence-corrected chi connectivity index (χ3v) is 4.77. The van der Waals surface area contributed by atoms with Crippen LogP contribution in [0.5, 0.6) is 0 Å². The summed E-state index contributed by atoms with van der Waals surface area (Å²) in [4.78, 5) is 17.0. The van der Waals surface area contributed by atoms with E-state index in [2.05, 4.69) is 10.3 Å². The standard InChI is InChI=1S/C17H20N2O3/c1-2-21-17(20)15-11-4-3-8-19-16(11)22-13-6-5-12-10(14(13)15)7-9-18-12/h3-4,8,12-13,16,18H,2,5-7,9H2,1H3. The number of nitrogens with zero attached hydrogens (tertiary/aromatic N) is 1. The maximum atomic E-state index is 12.6. The predicted octanol–water partition coefficient (Wildman–Crippen LogP) is 1.66. The van der Waals surface area contributed by atoms with Gasteiger partial charge >= 0.3 is 5.97 Å². The minimum absolute atomic E-state index is 0.0389. The molecule has 0 radical (unpaired) electrons. The van der Waals surface area contributed by atoms with Crippen molar-refractivity contribution in [2.45, 2.75) is 44.6 Å². The molecular formula is C17H20N2O3. The van der Waals surface area contributed by atoms with Crippen LogP contribution in [0.15, 0.2) is 39.4 Å². The number of hydrogen-bond acceptors (Lipinski definition) is 5. The normalized spacial score (nSPS) is 32.7. The van der Waals surface area contributed by atoms with Crippen molar-refractivity contribution in [2.75, 3.05) is 13.2 Å². The van der Waals surface area contributed by atoms with E-state index in [-0.39, 0.29) is 18.3 Å². The molecule has 1 N–H and O–H groups in total. The second kappa shape index (κ2) is 5.48. The minimum Gasteiger partial charge on any atom is -0.462 e. The molecule has 116 valence electrons. The van der Waals surface area contributed by atoms with E-state index in [1.165, 1.54) is 5.57 Å². The molecule has 0 aromatic carbocycles. The van der Waals surface area contributed by atoms with Crippen LogP contribution in [-0.2, 0) is 14.3 Å². The zero-order chi connectivity index (χ0) is 15.1. The highest BCUT2D eigenvalue weighted by atomic mass is 16.5. The van der Waals surface area contributed by atoms with Crippen LogP contribution in [0.4, 0.5) is 0 Å². The molecule has 3 atom stereocenters. The van der Waals surface area contributed by atoms with Gasteiger partial charge < -0.3 is 14.8 Å². The highest BCUT2D eigenvalue weighted by Gasteiger charge is 2.43. The molecule has 3 unspecified atom stereocenters. The molecule has 3 aliphatic heterocycles. The lowest BCUT2D eigenvalue weighted by Gasteiger charge is -2.38. The zero-order valence-electron chi connectivity index (χ0n) is 12.7. The van der Waals surface area contributed by atoms with E-state index in [1.807, 2.05) is 19.1 Å². The van der Waals surface area contributed by atoms with Crippen LogP contribution in [0.25, 0.3) is 0 Å². The number of allylic oxidation sites excluding steroid dienone is 1. The van der Waals surface area contributed by atoms with Crippen LogP contribution in [0.1, 0.15) is 26.2 Å². The van der Waals surface area contributed by atoms with Gasteiger partial charge in [0.1, 0.15) is 0 Å². The van der Waals surface area contributed by atoms with E-state index in [0.29, 0.717) is 18.2 Å². The molecule has 0 aromatic heterocycles. The SMILES string of the molecule is CCOC(=O)C1=C2C=CC=NC2OC2CCC3NCCC3=C12. The number of fused-ring (bicyclic) bond motifs is 3. The van der Waals surface area contributed by atoms with E-state index >= 15 is 0 Å². The Morgan fingerprint density at radius 1 is 1.50 bits per heavy atom. The Hall–Kier alpha value is -1.72. The smallest absolute Gasteiger partial charge is 0.338 e. The Morgan fingerprint density at radius 3 is 3.27 bits per heavy atom. The van der Waals surface area contributed by atoms with Gasteiger partial charge in [-0.25, -0.2) is 4.79 Å². The van der Waals surface area contributed by atoms with Crippen LogP contribution in [-0.4, -0.2) is 43.7 Å². The van der Waals surface area contributed by atoms with E-state index < -0.39 is 0 Å². The van der Waals surface area contributed by atoms with Crippen molar-refractivity contribution in [3.05, 3.63) is 34.4 Å². The molecule has 1 aliphatic carbocycles. The van der Waals surface area contributed by atoms with Crippen LogP contribution in [0.2, 0.25) is 0 Å². The van der Waals surface area contributed by atoms with Gasteiger partial charge in [0.2, 0.25) is 0 Å². The van der Waals surface area contributed by atoms with E-state index in [1.54, 1.807) is 6.21 Å². The second-order valence-electron chi connectivity index (χ2n) is 5.96. The van der Waals surface area contributed by atoms with Gasteiger partial charge in [0.25, 0.3) is 0 Å². The number of carbonyl (C=O) groups is 1. The molecule has 0 saturated carbocycles. The molecule has 5 heteroatoms. The van der Waals surface area contributed by atoms with Crippen molar-refractivity contribution in [1.82, 2.24) is 5.32 Å². The van der Waals surface area contributed by atoms with Crippen molar-refractivity contribution in [1.29, 1.82) is 0 Å².